The molecule has 1 nitrogen and oxygen atoms in total. The van der Waals surface area contributed by atoms with E-state index in [0.29, 0.717) is 0 Å². The van der Waals surface area contributed by atoms with E-state index in [2.05, 4.69) is 18.7 Å². The topological polar surface area (TPSA) is 12.0 Å². The summed E-state index contributed by atoms with van der Waals surface area (Å²) in [4.78, 5) is 0. The summed E-state index contributed by atoms with van der Waals surface area (Å²) in [7, 11) is 0. The second kappa shape index (κ2) is 6.19. The van der Waals surface area contributed by atoms with Gasteiger partial charge in [0.25, 0.3) is 0 Å². The zero-order valence-corrected chi connectivity index (χ0v) is 8.48. The van der Waals surface area contributed by atoms with E-state index < -0.39 is 0 Å². The van der Waals surface area contributed by atoms with Crippen LogP contribution in [0.4, 0.5) is 0 Å². The van der Waals surface area contributed by atoms with E-state index in [1.54, 1.807) is 0 Å². The molecule has 1 aliphatic rings. The van der Waals surface area contributed by atoms with E-state index >= 15 is 0 Å². The zero-order valence-electron chi connectivity index (χ0n) is 5.65. The first-order valence-electron chi connectivity index (χ1n) is 2.43. The van der Waals surface area contributed by atoms with Crippen molar-refractivity contribution >= 4 is 0 Å². The predicted molar refractivity (Wildman–Crippen MR) is 32.7 cm³/mol. The Morgan fingerprint density at radius 2 is 2.25 bits per heavy atom. The minimum atomic E-state index is 0. The Labute approximate surface area is 77.5 Å². The van der Waals surface area contributed by atoms with Crippen LogP contribution in [0.1, 0.15) is 6.92 Å². The van der Waals surface area contributed by atoms with Crippen molar-refractivity contribution in [1.29, 1.82) is 0 Å². The monoisotopic (exact) mass is 188 g/mol. The van der Waals surface area contributed by atoms with Crippen LogP contribution >= 0.6 is 0 Å². The molecule has 0 amide bonds. The Morgan fingerprint density at radius 3 is 2.38 bits per heavy atom. The number of hydrogen-bond acceptors (Lipinski definition) is 1. The smallest absolute Gasteiger partial charge is 0 e. The van der Waals surface area contributed by atoms with E-state index in [0.717, 1.165) is 12.5 Å². The first kappa shape index (κ1) is 11.8. The van der Waals surface area contributed by atoms with Crippen molar-refractivity contribution in [2.24, 2.45) is 5.92 Å². The fourth-order valence-electron chi connectivity index (χ4n) is 0.679. The van der Waals surface area contributed by atoms with Crippen molar-refractivity contribution in [3.05, 3.63) is 13.8 Å². The average Bonchev–Trinajstić information content (AvgIpc) is 1.86. The van der Waals surface area contributed by atoms with E-state index in [1.807, 2.05) is 0 Å². The van der Waals surface area contributed by atoms with E-state index in [1.165, 1.54) is 6.54 Å². The summed E-state index contributed by atoms with van der Waals surface area (Å²) in [6.45, 7) is 4.52. The Bertz CT molecular complexity index is 41.8. The number of rotatable bonds is 0. The van der Waals surface area contributed by atoms with Crippen LogP contribution in [0.3, 0.4) is 0 Å². The Morgan fingerprint density at radius 1 is 1.62 bits per heavy atom. The third-order valence-corrected chi connectivity index (χ3v) is 1.13. The quantitative estimate of drug-likeness (QED) is 0.556. The molecule has 1 radical (unpaired) electrons. The third kappa shape index (κ3) is 3.99. The van der Waals surface area contributed by atoms with Crippen LogP contribution in [-0.4, -0.2) is 13.1 Å². The molecule has 0 saturated carbocycles. The van der Waals surface area contributed by atoms with Gasteiger partial charge < -0.3 is 19.2 Å². The maximum atomic E-state index is 3.22. The average molecular weight is 188 g/mol. The molecule has 1 N–H and O–H groups in total. The molecular formula is C6H13NY-2. The van der Waals surface area contributed by atoms with Crippen LogP contribution in [0.5, 0.6) is 0 Å². The summed E-state index contributed by atoms with van der Waals surface area (Å²) in [6, 6.07) is 0. The van der Waals surface area contributed by atoms with Crippen molar-refractivity contribution in [2.45, 2.75) is 6.92 Å². The summed E-state index contributed by atoms with van der Waals surface area (Å²) in [5.74, 6) is 0.810. The van der Waals surface area contributed by atoms with E-state index in [-0.39, 0.29) is 40.1 Å². The Kier molecular flexibility index (Phi) is 9.14. The number of nitrogens with one attached hydrogen (secondary N) is 1. The maximum Gasteiger partial charge on any atom is 0 e. The van der Waals surface area contributed by atoms with Crippen molar-refractivity contribution in [3.8, 4) is 0 Å². The fraction of sp³-hybridized carbons (Fsp3) is 0.667. The van der Waals surface area contributed by atoms with Gasteiger partial charge in [0.05, 0.1) is 0 Å². The maximum absolute atomic E-state index is 3.22. The van der Waals surface area contributed by atoms with Gasteiger partial charge in [-0.3, -0.25) is 0 Å². The third-order valence-electron chi connectivity index (χ3n) is 1.13. The summed E-state index contributed by atoms with van der Waals surface area (Å²) < 4.78 is 0. The summed E-state index contributed by atoms with van der Waals surface area (Å²) >= 11 is 0. The molecule has 1 fully saturated rings. The molecule has 1 heterocycles. The second-order valence-electron chi connectivity index (χ2n) is 1.87. The molecule has 0 bridgehead atoms. The number of hydrogen-bond donors (Lipinski definition) is 1. The first-order chi connectivity index (χ1) is 2.89. The molecule has 47 valence electrons. The van der Waals surface area contributed by atoms with Crippen LogP contribution in [0.15, 0.2) is 0 Å². The van der Waals surface area contributed by atoms with Gasteiger partial charge in [0.1, 0.15) is 0 Å². The fourth-order valence-corrected chi connectivity index (χ4v) is 0.679. The van der Waals surface area contributed by atoms with E-state index in [9.17, 15) is 0 Å². The van der Waals surface area contributed by atoms with Gasteiger partial charge in [-0.05, 0) is 6.54 Å². The normalized spacial score (nSPS) is 25.9. The Balaban J connectivity index is 0. The van der Waals surface area contributed by atoms with Gasteiger partial charge in [0.2, 0.25) is 0 Å². The van der Waals surface area contributed by atoms with Crippen molar-refractivity contribution in [2.75, 3.05) is 13.1 Å². The Hall–Kier alpha value is 1.06. The molecule has 1 saturated heterocycles. The molecule has 0 aromatic carbocycles. The summed E-state index contributed by atoms with van der Waals surface area (Å²) in [6.07, 6.45) is 2.29. The van der Waals surface area contributed by atoms with Crippen LogP contribution in [0, 0.1) is 19.8 Å². The minimum absolute atomic E-state index is 0. The first-order valence-corrected chi connectivity index (χ1v) is 2.43. The molecule has 2 heteroatoms. The molecule has 1 unspecified atom stereocenters. The zero-order chi connectivity index (χ0) is 4.41. The molecule has 1 aliphatic heterocycles. The summed E-state index contributed by atoms with van der Waals surface area (Å²) in [5, 5.41) is 3.22. The van der Waals surface area contributed by atoms with Crippen LogP contribution in [0.25, 0.3) is 0 Å². The van der Waals surface area contributed by atoms with Crippen molar-refractivity contribution in [1.82, 2.24) is 5.32 Å². The largest absolute Gasteiger partial charge is 0.358 e. The van der Waals surface area contributed by atoms with Crippen molar-refractivity contribution < 1.29 is 32.7 Å². The molecule has 0 aromatic heterocycles. The van der Waals surface area contributed by atoms with Gasteiger partial charge in [0.15, 0.2) is 0 Å². The van der Waals surface area contributed by atoms with Gasteiger partial charge in [0, 0.05) is 32.7 Å². The van der Waals surface area contributed by atoms with Gasteiger partial charge in [-0.1, -0.05) is 6.92 Å². The molecule has 1 atom stereocenters. The summed E-state index contributed by atoms with van der Waals surface area (Å²) in [5.41, 5.74) is 0. The van der Waals surface area contributed by atoms with Crippen LogP contribution < -0.4 is 5.32 Å². The molecule has 1 rings (SSSR count). The molecule has 0 aromatic rings. The minimum Gasteiger partial charge on any atom is -0.358 e. The van der Waals surface area contributed by atoms with Gasteiger partial charge >= 0.3 is 0 Å². The molecule has 8 heavy (non-hydrogen) atoms. The van der Waals surface area contributed by atoms with Crippen molar-refractivity contribution in [3.63, 3.8) is 0 Å². The van der Waals surface area contributed by atoms with Gasteiger partial charge in [-0.25, -0.2) is 0 Å². The molecular weight excluding hydrogens is 175 g/mol. The van der Waals surface area contributed by atoms with Gasteiger partial charge in [-0.2, -0.15) is 5.92 Å². The standard InChI is InChI=1S/C5H10N.CH3.Y/c1-5-2-3-6-4-5;;/h2,5-6H,3-4H2,1H3;1H3;/q2*-1;. The van der Waals surface area contributed by atoms with Crippen LogP contribution in [0.2, 0.25) is 0 Å². The predicted octanol–water partition coefficient (Wildman–Crippen LogP) is 0.878. The van der Waals surface area contributed by atoms with Gasteiger partial charge in [-0.15, -0.1) is 6.54 Å². The van der Waals surface area contributed by atoms with Crippen LogP contribution in [-0.2, 0) is 32.7 Å². The second-order valence-corrected chi connectivity index (χ2v) is 1.87. The molecule has 0 aliphatic carbocycles. The molecule has 0 spiro atoms. The SMILES string of the molecule is CC1[CH-]CNC1.[CH3-].[Y]. The van der Waals surface area contributed by atoms with E-state index in [4.69, 9.17) is 0 Å².